The lowest BCUT2D eigenvalue weighted by molar-refractivity contribution is -0.141. The molecule has 5 heteroatoms. The zero-order valence-corrected chi connectivity index (χ0v) is 14.3. The number of carbonyl (C=O) groups is 3. The fraction of sp³-hybridized carbons (Fsp3) is 0.833. The van der Waals surface area contributed by atoms with E-state index in [9.17, 15) is 14.4 Å². The van der Waals surface area contributed by atoms with Gasteiger partial charge in [0.05, 0.1) is 11.8 Å². The maximum atomic E-state index is 12.5. The van der Waals surface area contributed by atoms with Crippen LogP contribution in [0.1, 0.15) is 52.4 Å². The number of imide groups is 1. The van der Waals surface area contributed by atoms with Gasteiger partial charge in [0.1, 0.15) is 0 Å². The first-order valence-electron chi connectivity index (χ1n) is 9.10. The lowest BCUT2D eigenvalue weighted by atomic mass is 9.81. The highest BCUT2D eigenvalue weighted by Crippen LogP contribution is 2.38. The highest BCUT2D eigenvalue weighted by atomic mass is 16.2. The molecule has 1 saturated carbocycles. The maximum absolute atomic E-state index is 12.5. The first kappa shape index (κ1) is 16.5. The molecule has 5 nitrogen and oxygen atoms in total. The van der Waals surface area contributed by atoms with Crippen LogP contribution in [0.15, 0.2) is 0 Å². The quantitative estimate of drug-likeness (QED) is 0.748. The SMILES string of the molecule is CC1CC(C)CN(C(=O)CCN2C(=O)C3CCCCC3C2=O)C1. The van der Waals surface area contributed by atoms with Gasteiger partial charge in [-0.1, -0.05) is 26.7 Å². The second kappa shape index (κ2) is 6.62. The van der Waals surface area contributed by atoms with E-state index in [1.165, 1.54) is 4.90 Å². The highest BCUT2D eigenvalue weighted by molar-refractivity contribution is 6.05. The third-order valence-corrected chi connectivity index (χ3v) is 5.70. The Labute approximate surface area is 138 Å². The summed E-state index contributed by atoms with van der Waals surface area (Å²) in [7, 11) is 0. The zero-order chi connectivity index (χ0) is 16.6. The average molecular weight is 320 g/mol. The molecular weight excluding hydrogens is 292 g/mol. The first-order valence-corrected chi connectivity index (χ1v) is 9.10. The summed E-state index contributed by atoms with van der Waals surface area (Å²) in [5.74, 6) is 0.851. The molecule has 0 aromatic rings. The van der Waals surface area contributed by atoms with E-state index in [4.69, 9.17) is 0 Å². The van der Waals surface area contributed by atoms with Crippen LogP contribution < -0.4 is 0 Å². The summed E-state index contributed by atoms with van der Waals surface area (Å²) in [5.41, 5.74) is 0. The van der Waals surface area contributed by atoms with Crippen LogP contribution in [-0.2, 0) is 14.4 Å². The summed E-state index contributed by atoms with van der Waals surface area (Å²) in [6, 6.07) is 0. The van der Waals surface area contributed by atoms with E-state index in [0.717, 1.165) is 45.2 Å². The molecule has 0 radical (unpaired) electrons. The number of carbonyl (C=O) groups excluding carboxylic acids is 3. The number of piperidine rings is 1. The molecule has 2 heterocycles. The van der Waals surface area contributed by atoms with Gasteiger partial charge >= 0.3 is 0 Å². The van der Waals surface area contributed by atoms with Gasteiger partial charge < -0.3 is 4.90 Å². The number of hydrogen-bond donors (Lipinski definition) is 0. The summed E-state index contributed by atoms with van der Waals surface area (Å²) in [6.45, 7) is 6.22. The fourth-order valence-electron chi connectivity index (χ4n) is 4.68. The zero-order valence-electron chi connectivity index (χ0n) is 14.3. The molecule has 2 saturated heterocycles. The number of rotatable bonds is 3. The molecule has 23 heavy (non-hydrogen) atoms. The van der Waals surface area contributed by atoms with Crippen molar-refractivity contribution in [1.82, 2.24) is 9.80 Å². The molecule has 3 rings (SSSR count). The van der Waals surface area contributed by atoms with Crippen molar-refractivity contribution in [2.24, 2.45) is 23.7 Å². The van der Waals surface area contributed by atoms with Gasteiger partial charge in [0, 0.05) is 26.1 Å². The Hall–Kier alpha value is -1.39. The number of amides is 3. The van der Waals surface area contributed by atoms with Crippen molar-refractivity contribution in [3.05, 3.63) is 0 Å². The minimum absolute atomic E-state index is 0.0344. The van der Waals surface area contributed by atoms with Gasteiger partial charge in [-0.15, -0.1) is 0 Å². The van der Waals surface area contributed by atoms with E-state index < -0.39 is 0 Å². The molecule has 2 aliphatic heterocycles. The standard InChI is InChI=1S/C18H28N2O3/c1-12-9-13(2)11-19(10-12)16(21)7-8-20-17(22)14-5-3-4-6-15(14)18(20)23/h12-15H,3-11H2,1-2H3. The van der Waals surface area contributed by atoms with E-state index in [1.807, 2.05) is 4.90 Å². The summed E-state index contributed by atoms with van der Waals surface area (Å²) in [4.78, 5) is 40.6. The Morgan fingerprint density at radius 1 is 1.00 bits per heavy atom. The molecule has 0 spiro atoms. The van der Waals surface area contributed by atoms with Crippen molar-refractivity contribution >= 4 is 17.7 Å². The van der Waals surface area contributed by atoms with Crippen LogP contribution in [0, 0.1) is 23.7 Å². The van der Waals surface area contributed by atoms with Crippen LogP contribution in [0.2, 0.25) is 0 Å². The minimum atomic E-state index is -0.110. The molecule has 3 fully saturated rings. The van der Waals surface area contributed by atoms with Crippen molar-refractivity contribution in [3.63, 3.8) is 0 Å². The number of fused-ring (bicyclic) bond motifs is 1. The first-order chi connectivity index (χ1) is 11.0. The van der Waals surface area contributed by atoms with Crippen molar-refractivity contribution < 1.29 is 14.4 Å². The summed E-state index contributed by atoms with van der Waals surface area (Å²) in [5, 5.41) is 0. The fourth-order valence-corrected chi connectivity index (χ4v) is 4.68. The smallest absolute Gasteiger partial charge is 0.233 e. The van der Waals surface area contributed by atoms with Crippen LogP contribution in [-0.4, -0.2) is 47.2 Å². The molecule has 0 bridgehead atoms. The highest BCUT2D eigenvalue weighted by Gasteiger charge is 2.47. The lowest BCUT2D eigenvalue weighted by Crippen LogP contribution is -2.44. The topological polar surface area (TPSA) is 57.7 Å². The van der Waals surface area contributed by atoms with E-state index in [-0.39, 0.29) is 42.5 Å². The van der Waals surface area contributed by atoms with Gasteiger partial charge in [0.15, 0.2) is 0 Å². The summed E-state index contributed by atoms with van der Waals surface area (Å²) in [6.07, 6.45) is 5.18. The molecule has 4 unspecified atom stereocenters. The van der Waals surface area contributed by atoms with Gasteiger partial charge in [0.2, 0.25) is 17.7 Å². The van der Waals surface area contributed by atoms with Crippen LogP contribution in [0.4, 0.5) is 0 Å². The minimum Gasteiger partial charge on any atom is -0.342 e. The van der Waals surface area contributed by atoms with Gasteiger partial charge in [-0.2, -0.15) is 0 Å². The third kappa shape index (κ3) is 3.29. The summed E-state index contributed by atoms with van der Waals surface area (Å²) >= 11 is 0. The molecule has 3 amide bonds. The van der Waals surface area contributed by atoms with Gasteiger partial charge in [-0.25, -0.2) is 0 Å². The van der Waals surface area contributed by atoms with Crippen molar-refractivity contribution in [2.75, 3.05) is 19.6 Å². The van der Waals surface area contributed by atoms with E-state index in [2.05, 4.69) is 13.8 Å². The molecule has 128 valence electrons. The van der Waals surface area contributed by atoms with Crippen molar-refractivity contribution in [2.45, 2.75) is 52.4 Å². The number of hydrogen-bond acceptors (Lipinski definition) is 3. The average Bonchev–Trinajstić information content (AvgIpc) is 2.76. The Morgan fingerprint density at radius 3 is 2.04 bits per heavy atom. The van der Waals surface area contributed by atoms with Crippen molar-refractivity contribution in [3.8, 4) is 0 Å². The predicted molar refractivity (Wildman–Crippen MR) is 86.3 cm³/mol. The molecule has 1 aliphatic carbocycles. The monoisotopic (exact) mass is 320 g/mol. The normalized spacial score (nSPS) is 34.7. The molecule has 0 N–H and O–H groups in total. The van der Waals surface area contributed by atoms with E-state index in [0.29, 0.717) is 11.8 Å². The number of nitrogens with zero attached hydrogens (tertiary/aromatic N) is 2. The Balaban J connectivity index is 1.56. The van der Waals surface area contributed by atoms with Gasteiger partial charge in [-0.3, -0.25) is 19.3 Å². The van der Waals surface area contributed by atoms with E-state index in [1.54, 1.807) is 0 Å². The van der Waals surface area contributed by atoms with Gasteiger partial charge in [0.25, 0.3) is 0 Å². The van der Waals surface area contributed by atoms with Crippen LogP contribution in [0.25, 0.3) is 0 Å². The third-order valence-electron chi connectivity index (χ3n) is 5.70. The van der Waals surface area contributed by atoms with E-state index >= 15 is 0 Å². The van der Waals surface area contributed by atoms with Crippen LogP contribution in [0.5, 0.6) is 0 Å². The predicted octanol–water partition coefficient (Wildman–Crippen LogP) is 2.06. The molecule has 4 atom stereocenters. The van der Waals surface area contributed by atoms with Crippen molar-refractivity contribution in [1.29, 1.82) is 0 Å². The van der Waals surface area contributed by atoms with Gasteiger partial charge in [-0.05, 0) is 31.1 Å². The Bertz CT molecular complexity index is 470. The number of likely N-dealkylation sites (tertiary alicyclic amines) is 2. The van der Waals surface area contributed by atoms with Crippen LogP contribution in [0.3, 0.4) is 0 Å². The summed E-state index contributed by atoms with van der Waals surface area (Å²) < 4.78 is 0. The molecular formula is C18H28N2O3. The van der Waals surface area contributed by atoms with Crippen LogP contribution >= 0.6 is 0 Å². The lowest BCUT2D eigenvalue weighted by Gasteiger charge is -2.35. The molecule has 0 aromatic heterocycles. The second-order valence-corrected chi connectivity index (χ2v) is 7.82. The Kier molecular flexibility index (Phi) is 4.74. The maximum Gasteiger partial charge on any atom is 0.233 e. The molecule has 3 aliphatic rings. The molecule has 0 aromatic carbocycles. The Morgan fingerprint density at radius 2 is 1.52 bits per heavy atom. The second-order valence-electron chi connectivity index (χ2n) is 7.82. The largest absolute Gasteiger partial charge is 0.342 e.